The molecular weight excluding hydrogens is 772 g/mol. The van der Waals surface area contributed by atoms with Crippen molar-refractivity contribution in [2.75, 3.05) is 0 Å². The van der Waals surface area contributed by atoms with Crippen LogP contribution in [0.1, 0.15) is 89.6 Å². The van der Waals surface area contributed by atoms with Crippen molar-refractivity contribution in [2.24, 2.45) is 0 Å². The Hall–Kier alpha value is -4.21. The molecule has 0 spiro atoms. The zero-order chi connectivity index (χ0) is 32.8. The van der Waals surface area contributed by atoms with Crippen LogP contribution in [0.2, 0.25) is 0 Å². The summed E-state index contributed by atoms with van der Waals surface area (Å²) in [6, 6.07) is 30.4. The second-order valence-electron chi connectivity index (χ2n) is 14.7. The standard InChI is InChI=1S/C42H40N4O.Pt/c1-25(2)30-14-10-15-31(26(3)4)38(30)45-23-36(44-24-45)27-12-9-13-28(20-27)47-29-18-19-32-33-16-11-17-35-39(33)46-37(42(7,8)41(35,5)6)22-43-40(46)34(32)21-29;/h9-19,22-26H,1-8H3;/q-2;+2. The molecule has 0 aliphatic carbocycles. The van der Waals surface area contributed by atoms with Crippen LogP contribution in [-0.4, -0.2) is 18.9 Å². The van der Waals surface area contributed by atoms with Crippen LogP contribution in [0.4, 0.5) is 0 Å². The van der Waals surface area contributed by atoms with Crippen molar-refractivity contribution < 1.29 is 25.8 Å². The maximum Gasteiger partial charge on any atom is 2.00 e. The van der Waals surface area contributed by atoms with Crippen LogP contribution >= 0.6 is 0 Å². The number of rotatable bonds is 6. The Kier molecular flexibility index (Phi) is 7.71. The Balaban J connectivity index is 0.00000364. The van der Waals surface area contributed by atoms with Crippen molar-refractivity contribution in [3.05, 3.63) is 120 Å². The van der Waals surface area contributed by atoms with Gasteiger partial charge in [0.15, 0.2) is 0 Å². The fourth-order valence-electron chi connectivity index (χ4n) is 7.46. The molecule has 3 aromatic heterocycles. The molecule has 0 saturated heterocycles. The number of pyridine rings is 1. The molecule has 0 atom stereocenters. The quantitative estimate of drug-likeness (QED) is 0.124. The average Bonchev–Trinajstić information content (AvgIpc) is 3.73. The Morgan fingerprint density at radius 1 is 0.729 bits per heavy atom. The van der Waals surface area contributed by atoms with E-state index in [-0.39, 0.29) is 31.9 Å². The summed E-state index contributed by atoms with van der Waals surface area (Å²) in [6.07, 6.45) is 6.06. The zero-order valence-electron chi connectivity index (χ0n) is 28.8. The Morgan fingerprint density at radius 2 is 1.42 bits per heavy atom. The minimum Gasteiger partial charge on any atom is -0.497 e. The molecule has 0 radical (unpaired) electrons. The van der Waals surface area contributed by atoms with Gasteiger partial charge in [-0.2, -0.15) is 0 Å². The predicted octanol–water partition coefficient (Wildman–Crippen LogP) is 10.7. The van der Waals surface area contributed by atoms with Gasteiger partial charge in [0.25, 0.3) is 0 Å². The SMILES string of the molecule is CC(C)c1cccc(C(C)C)c1-n1cnc(-c2[c-]c(Oc3[c-]c4c(cc3)c3cccc5c3n3c(cnc43)C(C)(C)C5(C)C)ccc2)c1.[Pt+2]. The molecule has 0 amide bonds. The second-order valence-corrected chi connectivity index (χ2v) is 14.7. The largest absolute Gasteiger partial charge is 2.00 e. The van der Waals surface area contributed by atoms with Crippen molar-refractivity contribution in [3.63, 3.8) is 0 Å². The monoisotopic (exact) mass is 811 g/mol. The van der Waals surface area contributed by atoms with Gasteiger partial charge >= 0.3 is 21.1 Å². The number of nitrogens with zero attached hydrogens (tertiary/aromatic N) is 4. The molecule has 1 aliphatic heterocycles. The molecule has 5 nitrogen and oxygen atoms in total. The van der Waals surface area contributed by atoms with Crippen LogP contribution in [-0.2, 0) is 31.9 Å². The summed E-state index contributed by atoms with van der Waals surface area (Å²) < 4.78 is 11.0. The zero-order valence-corrected chi connectivity index (χ0v) is 31.0. The van der Waals surface area contributed by atoms with Gasteiger partial charge in [-0.05, 0) is 40.1 Å². The Bertz CT molecular complexity index is 2330. The van der Waals surface area contributed by atoms with Gasteiger partial charge in [0.2, 0.25) is 0 Å². The van der Waals surface area contributed by atoms with E-state index in [1.807, 2.05) is 36.8 Å². The molecule has 1 aliphatic rings. The fraction of sp³-hybridized carbons (Fsp3) is 0.286. The third kappa shape index (κ3) is 4.69. The van der Waals surface area contributed by atoms with E-state index in [0.29, 0.717) is 23.3 Å². The third-order valence-electron chi connectivity index (χ3n) is 10.8. The summed E-state index contributed by atoms with van der Waals surface area (Å²) in [7, 11) is 0. The predicted molar refractivity (Wildman–Crippen MR) is 191 cm³/mol. The summed E-state index contributed by atoms with van der Waals surface area (Å²) in [5.41, 5.74) is 10.1. The van der Waals surface area contributed by atoms with Gasteiger partial charge in [-0.15, -0.1) is 29.8 Å². The molecule has 0 unspecified atom stereocenters. The number of hydrogen-bond acceptors (Lipinski definition) is 3. The minimum atomic E-state index is -0.106. The smallest absolute Gasteiger partial charge is 0.497 e. The molecule has 244 valence electrons. The molecular formula is C42H40N4OPt. The Labute approximate surface area is 297 Å². The van der Waals surface area contributed by atoms with E-state index in [9.17, 15) is 0 Å². The van der Waals surface area contributed by atoms with E-state index in [2.05, 4.69) is 125 Å². The van der Waals surface area contributed by atoms with Crippen LogP contribution in [0, 0.1) is 12.1 Å². The van der Waals surface area contributed by atoms with Crippen LogP contribution in [0.15, 0.2) is 85.5 Å². The van der Waals surface area contributed by atoms with Crippen LogP contribution < -0.4 is 4.74 Å². The first kappa shape index (κ1) is 32.3. The summed E-state index contributed by atoms with van der Waals surface area (Å²) in [4.78, 5) is 9.79. The molecule has 8 rings (SSSR count). The van der Waals surface area contributed by atoms with Crippen molar-refractivity contribution >= 4 is 27.3 Å². The maximum absolute atomic E-state index is 6.44. The van der Waals surface area contributed by atoms with Gasteiger partial charge in [0, 0.05) is 45.4 Å². The number of fused-ring (bicyclic) bond motifs is 3. The van der Waals surface area contributed by atoms with Crippen molar-refractivity contribution in [2.45, 2.75) is 78.1 Å². The van der Waals surface area contributed by atoms with Crippen molar-refractivity contribution in [3.8, 4) is 28.4 Å². The van der Waals surface area contributed by atoms with Crippen LogP contribution in [0.3, 0.4) is 0 Å². The van der Waals surface area contributed by atoms with Crippen molar-refractivity contribution in [1.82, 2.24) is 18.9 Å². The van der Waals surface area contributed by atoms with Gasteiger partial charge in [-0.25, -0.2) is 0 Å². The van der Waals surface area contributed by atoms with Crippen molar-refractivity contribution in [1.29, 1.82) is 0 Å². The summed E-state index contributed by atoms with van der Waals surface area (Å²) in [6.45, 7) is 18.3. The number of aromatic nitrogens is 4. The van der Waals surface area contributed by atoms with Gasteiger partial charge in [-0.1, -0.05) is 121 Å². The number of hydrogen-bond donors (Lipinski definition) is 0. The summed E-state index contributed by atoms with van der Waals surface area (Å²) in [5, 5.41) is 3.29. The molecule has 7 aromatic rings. The van der Waals surface area contributed by atoms with E-state index in [1.165, 1.54) is 39.0 Å². The number of ether oxygens (including phenoxy) is 1. The molecule has 48 heavy (non-hydrogen) atoms. The number of benzene rings is 4. The first-order valence-corrected chi connectivity index (χ1v) is 16.6. The second kappa shape index (κ2) is 11.4. The van der Waals surface area contributed by atoms with E-state index < -0.39 is 0 Å². The van der Waals surface area contributed by atoms with Crippen LogP contribution in [0.25, 0.3) is 44.3 Å². The van der Waals surface area contributed by atoms with Gasteiger partial charge < -0.3 is 13.7 Å². The average molecular weight is 812 g/mol. The molecule has 6 heteroatoms. The molecule has 4 aromatic carbocycles. The topological polar surface area (TPSA) is 44.4 Å². The Morgan fingerprint density at radius 3 is 2.15 bits per heavy atom. The molecule has 0 saturated carbocycles. The van der Waals surface area contributed by atoms with E-state index in [1.54, 1.807) is 0 Å². The van der Waals surface area contributed by atoms with E-state index in [0.717, 1.165) is 27.7 Å². The van der Waals surface area contributed by atoms with Gasteiger partial charge in [-0.3, -0.25) is 9.97 Å². The number of imidazole rings is 2. The minimum absolute atomic E-state index is 0. The van der Waals surface area contributed by atoms with E-state index >= 15 is 0 Å². The fourth-order valence-corrected chi connectivity index (χ4v) is 7.46. The van der Waals surface area contributed by atoms with Crippen LogP contribution in [0.5, 0.6) is 11.5 Å². The molecule has 0 N–H and O–H groups in total. The summed E-state index contributed by atoms with van der Waals surface area (Å²) in [5.74, 6) is 2.03. The van der Waals surface area contributed by atoms with Gasteiger partial charge in [0.05, 0.1) is 17.7 Å². The number of para-hydroxylation sites is 2. The van der Waals surface area contributed by atoms with Gasteiger partial charge in [0.1, 0.15) is 0 Å². The summed E-state index contributed by atoms with van der Waals surface area (Å²) >= 11 is 0. The maximum atomic E-state index is 6.44. The molecule has 0 fully saturated rings. The van der Waals surface area contributed by atoms with E-state index in [4.69, 9.17) is 14.7 Å². The first-order valence-electron chi connectivity index (χ1n) is 16.6. The third-order valence-corrected chi connectivity index (χ3v) is 10.8. The molecule has 0 bridgehead atoms. The normalized spacial score (nSPS) is 14.8. The first-order chi connectivity index (χ1) is 22.5. The molecule has 4 heterocycles.